The predicted molar refractivity (Wildman–Crippen MR) is 157 cm³/mol. The fraction of sp³-hybridized carbons (Fsp3) is 1.00. The number of hydrogen-bond donors (Lipinski definition) is 0. The van der Waals surface area contributed by atoms with Gasteiger partial charge in [-0.15, -0.1) is 0 Å². The van der Waals surface area contributed by atoms with Crippen molar-refractivity contribution in [3.05, 3.63) is 0 Å². The van der Waals surface area contributed by atoms with Crippen molar-refractivity contribution in [3.63, 3.8) is 0 Å². The van der Waals surface area contributed by atoms with Crippen LogP contribution in [0.3, 0.4) is 0 Å². The van der Waals surface area contributed by atoms with Crippen LogP contribution in [-0.2, 0) is 0 Å². The van der Waals surface area contributed by atoms with Gasteiger partial charge in [-0.3, -0.25) is 0 Å². The summed E-state index contributed by atoms with van der Waals surface area (Å²) < 4.78 is 0. The van der Waals surface area contributed by atoms with Crippen molar-refractivity contribution in [2.24, 2.45) is 0 Å². The van der Waals surface area contributed by atoms with E-state index in [9.17, 15) is 0 Å². The van der Waals surface area contributed by atoms with E-state index in [1.54, 1.807) is 0 Å². The highest BCUT2D eigenvalue weighted by Crippen LogP contribution is 2.16. The summed E-state index contributed by atoms with van der Waals surface area (Å²) in [5.74, 6) is 21.7. The Labute approximate surface area is 210 Å². The summed E-state index contributed by atoms with van der Waals surface area (Å²) in [5.41, 5.74) is 0. The van der Waals surface area contributed by atoms with E-state index in [2.05, 4.69) is 94.1 Å². The second kappa shape index (κ2) is 26.1. The van der Waals surface area contributed by atoms with Gasteiger partial charge in [0.05, 0.1) is 0 Å². The number of rotatable bonds is 0. The molecule has 0 amide bonds. The fourth-order valence-corrected chi connectivity index (χ4v) is 11.3. The van der Waals surface area contributed by atoms with Crippen LogP contribution >= 0.6 is 94.1 Å². The molecule has 0 aromatic heterocycles. The van der Waals surface area contributed by atoms with Crippen LogP contribution in [0, 0.1) is 0 Å². The van der Waals surface area contributed by atoms with Crippen molar-refractivity contribution < 1.29 is 0 Å². The lowest BCUT2D eigenvalue weighted by atomic mass is 10.6. The van der Waals surface area contributed by atoms with Crippen molar-refractivity contribution in [1.82, 2.24) is 0 Å². The quantitative estimate of drug-likeness (QED) is 0.309. The molecule has 0 radical (unpaired) electrons. The Hall–Kier alpha value is 2.80. The Balaban J connectivity index is 2.00. The van der Waals surface area contributed by atoms with Gasteiger partial charge in [0.15, 0.2) is 0 Å². The maximum Gasteiger partial charge on any atom is 0.00235 e. The van der Waals surface area contributed by atoms with Gasteiger partial charge in [-0.2, -0.15) is 94.1 Å². The molecule has 28 heavy (non-hydrogen) atoms. The Morgan fingerprint density at radius 1 is 0.179 bits per heavy atom. The van der Waals surface area contributed by atoms with Crippen LogP contribution in [0.25, 0.3) is 0 Å². The average Bonchev–Trinajstić information content (AvgIpc) is 2.71. The van der Waals surface area contributed by atoms with Crippen LogP contribution in [0.15, 0.2) is 0 Å². The molecule has 0 aliphatic carbocycles. The fourth-order valence-electron chi connectivity index (χ4n) is 2.34. The Morgan fingerprint density at radius 3 is 0.464 bits per heavy atom. The first-order valence-corrected chi connectivity index (χ1v) is 19.9. The summed E-state index contributed by atoms with van der Waals surface area (Å²) in [6, 6.07) is 0. The third-order valence-corrected chi connectivity index (χ3v) is 13.4. The molecule has 8 heteroatoms. The highest BCUT2D eigenvalue weighted by molar-refractivity contribution is 8.04. The maximum absolute atomic E-state index is 2.17. The minimum absolute atomic E-state index is 1.35. The van der Waals surface area contributed by atoms with E-state index in [4.69, 9.17) is 0 Å². The van der Waals surface area contributed by atoms with Crippen molar-refractivity contribution in [2.45, 2.75) is 25.7 Å². The summed E-state index contributed by atoms with van der Waals surface area (Å²) in [5, 5.41) is 0. The summed E-state index contributed by atoms with van der Waals surface area (Å²) in [7, 11) is 0. The second-order valence-electron chi connectivity index (χ2n) is 6.31. The van der Waals surface area contributed by atoms with E-state index >= 15 is 0 Å². The van der Waals surface area contributed by atoms with Gasteiger partial charge in [0, 0.05) is 46.0 Å². The lowest BCUT2D eigenvalue weighted by Crippen LogP contribution is -1.95. The molecule has 1 aliphatic rings. The molecule has 0 atom stereocenters. The Kier molecular flexibility index (Phi) is 26.8. The van der Waals surface area contributed by atoms with Crippen LogP contribution in [0.5, 0.6) is 0 Å². The first-order chi connectivity index (χ1) is 14.0. The zero-order chi connectivity index (χ0) is 19.8. The molecule has 168 valence electrons. The van der Waals surface area contributed by atoms with Crippen LogP contribution in [0.4, 0.5) is 0 Å². The van der Waals surface area contributed by atoms with Gasteiger partial charge in [0.2, 0.25) is 0 Å². The van der Waals surface area contributed by atoms with Crippen molar-refractivity contribution in [1.29, 1.82) is 0 Å². The van der Waals surface area contributed by atoms with Gasteiger partial charge in [-0.05, 0) is 71.7 Å². The van der Waals surface area contributed by atoms with Crippen LogP contribution in [-0.4, -0.2) is 92.0 Å². The molecular formula is C20H40S8. The predicted octanol–water partition coefficient (Wildman–Crippen LogP) is 7.43. The monoisotopic (exact) mass is 536 g/mol. The van der Waals surface area contributed by atoms with Gasteiger partial charge >= 0.3 is 0 Å². The Morgan fingerprint density at radius 2 is 0.321 bits per heavy atom. The highest BCUT2D eigenvalue weighted by Gasteiger charge is 1.97. The lowest BCUT2D eigenvalue weighted by Gasteiger charge is -2.05. The molecular weight excluding hydrogens is 497 g/mol. The van der Waals surface area contributed by atoms with Gasteiger partial charge in [0.25, 0.3) is 0 Å². The SMILES string of the molecule is C1CSCCSCCCSCCSCCCSCCSCCCSCCSC1. The number of hydrogen-bond acceptors (Lipinski definition) is 8. The first kappa shape index (κ1) is 28.8. The topological polar surface area (TPSA) is 0 Å². The first-order valence-electron chi connectivity index (χ1n) is 10.6. The van der Waals surface area contributed by atoms with Gasteiger partial charge < -0.3 is 0 Å². The Bertz CT molecular complexity index is 159. The lowest BCUT2D eigenvalue weighted by molar-refractivity contribution is 1.11. The molecule has 0 N–H and O–H groups in total. The molecule has 0 saturated carbocycles. The molecule has 1 saturated heterocycles. The normalized spacial score (nSPS) is 24.0. The van der Waals surface area contributed by atoms with E-state index in [1.807, 2.05) is 0 Å². The molecule has 1 aliphatic heterocycles. The minimum Gasteiger partial charge on any atom is -0.161 e. The molecule has 0 nitrogen and oxygen atoms in total. The van der Waals surface area contributed by atoms with Crippen molar-refractivity contribution in [2.75, 3.05) is 92.0 Å². The van der Waals surface area contributed by atoms with E-state index < -0.39 is 0 Å². The number of thioether (sulfide) groups is 8. The summed E-state index contributed by atoms with van der Waals surface area (Å²) in [4.78, 5) is 0. The van der Waals surface area contributed by atoms with Gasteiger partial charge in [0.1, 0.15) is 0 Å². The van der Waals surface area contributed by atoms with Crippen LogP contribution < -0.4 is 0 Å². The van der Waals surface area contributed by atoms with Crippen LogP contribution in [0.1, 0.15) is 25.7 Å². The molecule has 0 aromatic carbocycles. The van der Waals surface area contributed by atoms with E-state index in [0.717, 1.165) is 0 Å². The minimum atomic E-state index is 1.35. The summed E-state index contributed by atoms with van der Waals surface area (Å²) in [6.07, 6.45) is 5.59. The van der Waals surface area contributed by atoms with Gasteiger partial charge in [-0.1, -0.05) is 0 Å². The third-order valence-electron chi connectivity index (χ3n) is 3.80. The van der Waals surface area contributed by atoms with Gasteiger partial charge in [-0.25, -0.2) is 0 Å². The van der Waals surface area contributed by atoms with E-state index in [-0.39, 0.29) is 0 Å². The second-order valence-corrected chi connectivity index (χ2v) is 16.1. The molecule has 1 heterocycles. The van der Waals surface area contributed by atoms with Crippen molar-refractivity contribution >= 4 is 94.1 Å². The molecule has 0 bridgehead atoms. The zero-order valence-electron chi connectivity index (χ0n) is 17.4. The van der Waals surface area contributed by atoms with E-state index in [1.165, 1.54) is 118 Å². The third kappa shape index (κ3) is 23.5. The highest BCUT2D eigenvalue weighted by atomic mass is 32.2. The zero-order valence-corrected chi connectivity index (χ0v) is 23.9. The molecule has 0 unspecified atom stereocenters. The van der Waals surface area contributed by atoms with Crippen LogP contribution in [0.2, 0.25) is 0 Å². The summed E-state index contributed by atoms with van der Waals surface area (Å²) in [6.45, 7) is 0. The van der Waals surface area contributed by atoms with Crippen molar-refractivity contribution in [3.8, 4) is 0 Å². The summed E-state index contributed by atoms with van der Waals surface area (Å²) >= 11 is 17.3. The standard InChI is InChI=1S/C20H40S8/c1-5-21-13-15-23-7-2-9-25-17-19-27-11-4-12-28-20-18-26-10-3-8-24-16-14-22-6-1/h1-20H2. The molecule has 1 fully saturated rings. The van der Waals surface area contributed by atoms with E-state index in [0.29, 0.717) is 0 Å². The molecule has 0 spiro atoms. The molecule has 0 aromatic rings. The largest absolute Gasteiger partial charge is 0.161 e. The maximum atomic E-state index is 2.17. The molecule has 1 rings (SSSR count). The smallest absolute Gasteiger partial charge is 0.00235 e. The average molecular weight is 537 g/mol.